The van der Waals surface area contributed by atoms with E-state index in [-0.39, 0.29) is 29.3 Å². The molecule has 1 aromatic carbocycles. The van der Waals surface area contributed by atoms with Crippen molar-refractivity contribution in [3.63, 3.8) is 0 Å². The lowest BCUT2D eigenvalue weighted by atomic mass is 9.94. The van der Waals surface area contributed by atoms with Crippen LogP contribution in [0.4, 0.5) is 4.39 Å². The van der Waals surface area contributed by atoms with E-state index in [1.165, 1.54) is 28.8 Å². The molecule has 138 valence electrons. The van der Waals surface area contributed by atoms with Gasteiger partial charge in [-0.25, -0.2) is 14.2 Å². The van der Waals surface area contributed by atoms with Crippen LogP contribution in [0.25, 0.3) is 0 Å². The maximum absolute atomic E-state index is 13.8. The topological polar surface area (TPSA) is 59.0 Å². The third kappa shape index (κ3) is 3.40. The second-order valence-corrected chi connectivity index (χ2v) is 8.12. The Hall–Kier alpha value is -2.15. The molecular formula is C19H21FN2O3S. The molecule has 0 spiro atoms. The van der Waals surface area contributed by atoms with Gasteiger partial charge in [-0.05, 0) is 37.5 Å². The fraction of sp³-hybridized carbons (Fsp3) is 0.421. The van der Waals surface area contributed by atoms with Gasteiger partial charge in [-0.1, -0.05) is 37.7 Å². The predicted octanol–water partition coefficient (Wildman–Crippen LogP) is 3.67. The van der Waals surface area contributed by atoms with Crippen LogP contribution in [0.3, 0.4) is 0 Å². The Balaban J connectivity index is 2.08. The quantitative estimate of drug-likeness (QED) is 0.753. The summed E-state index contributed by atoms with van der Waals surface area (Å²) in [5, 5.41) is 0.235. The van der Waals surface area contributed by atoms with E-state index in [0.717, 1.165) is 0 Å². The Morgan fingerprint density at radius 1 is 1.42 bits per heavy atom. The van der Waals surface area contributed by atoms with Gasteiger partial charge in [-0.3, -0.25) is 9.69 Å². The van der Waals surface area contributed by atoms with E-state index >= 15 is 0 Å². The largest absolute Gasteiger partial charge is 0.462 e. The van der Waals surface area contributed by atoms with Gasteiger partial charge in [-0.15, -0.1) is 0 Å². The van der Waals surface area contributed by atoms with Crippen molar-refractivity contribution >= 4 is 28.8 Å². The molecule has 26 heavy (non-hydrogen) atoms. The van der Waals surface area contributed by atoms with E-state index in [0.29, 0.717) is 16.4 Å². The number of aliphatic imine (C=N–C) groups is 1. The van der Waals surface area contributed by atoms with Crippen LogP contribution in [-0.4, -0.2) is 33.8 Å². The van der Waals surface area contributed by atoms with Crippen LogP contribution in [0, 0.1) is 11.7 Å². The van der Waals surface area contributed by atoms with E-state index in [1.54, 1.807) is 26.0 Å². The number of nitrogens with zero attached hydrogens (tertiary/aromatic N) is 2. The number of fused-ring (bicyclic) bond motifs is 1. The summed E-state index contributed by atoms with van der Waals surface area (Å²) >= 11 is 1.34. The first kappa shape index (κ1) is 18.6. The number of allylic oxidation sites excluding steroid dienone is 1. The lowest BCUT2D eigenvalue weighted by molar-refractivity contribution is -0.141. The van der Waals surface area contributed by atoms with Gasteiger partial charge in [0.25, 0.3) is 0 Å². The normalized spacial score (nSPS) is 22.6. The fourth-order valence-electron chi connectivity index (χ4n) is 2.98. The number of hydrogen-bond acceptors (Lipinski definition) is 5. The summed E-state index contributed by atoms with van der Waals surface area (Å²) in [5.74, 6) is -0.916. The van der Waals surface area contributed by atoms with E-state index in [4.69, 9.17) is 4.74 Å². The van der Waals surface area contributed by atoms with Gasteiger partial charge >= 0.3 is 5.97 Å². The van der Waals surface area contributed by atoms with Crippen molar-refractivity contribution in [1.82, 2.24) is 4.90 Å². The molecule has 0 unspecified atom stereocenters. The molecule has 2 heterocycles. The molecule has 2 aliphatic heterocycles. The van der Waals surface area contributed by atoms with E-state index in [9.17, 15) is 14.0 Å². The summed E-state index contributed by atoms with van der Waals surface area (Å²) in [6.45, 7) is 7.66. The zero-order valence-corrected chi connectivity index (χ0v) is 16.0. The molecule has 0 N–H and O–H groups in total. The number of carbonyl (C=O) groups excluding carboxylic acids is 2. The molecule has 0 bridgehead atoms. The number of amidine groups is 1. The minimum absolute atomic E-state index is 0.148. The Morgan fingerprint density at radius 3 is 2.81 bits per heavy atom. The van der Waals surface area contributed by atoms with E-state index in [2.05, 4.69) is 4.99 Å². The Bertz CT molecular complexity index is 819. The smallest absolute Gasteiger partial charge is 0.338 e. The molecule has 1 amide bonds. The van der Waals surface area contributed by atoms with Gasteiger partial charge in [0, 0.05) is 0 Å². The van der Waals surface area contributed by atoms with Gasteiger partial charge in [0.05, 0.1) is 29.2 Å². The van der Waals surface area contributed by atoms with E-state index in [1.807, 2.05) is 13.8 Å². The molecule has 5 nitrogen and oxygen atoms in total. The van der Waals surface area contributed by atoms with Gasteiger partial charge in [0.1, 0.15) is 5.82 Å². The number of thioether (sulfide) groups is 1. The standard InChI is InChI=1S/C19H21FN2O3S/c1-10(2)9-25-18(24)15-11(3)21-19-22(17(23)12(4)26-19)16(15)13-6-5-7-14(20)8-13/h5-8,10,12,16H,9H2,1-4H3/t12-,16-/m0/s1. The van der Waals surface area contributed by atoms with Crippen molar-refractivity contribution < 1.29 is 18.7 Å². The fourth-order valence-corrected chi connectivity index (χ4v) is 4.01. The summed E-state index contributed by atoms with van der Waals surface area (Å²) in [6.07, 6.45) is 0. The highest BCUT2D eigenvalue weighted by atomic mass is 32.2. The molecule has 0 saturated carbocycles. The maximum Gasteiger partial charge on any atom is 0.338 e. The number of amides is 1. The molecule has 0 aliphatic carbocycles. The van der Waals surface area contributed by atoms with E-state index < -0.39 is 17.8 Å². The lowest BCUT2D eigenvalue weighted by Crippen LogP contribution is -2.40. The highest BCUT2D eigenvalue weighted by Crippen LogP contribution is 2.43. The van der Waals surface area contributed by atoms with Crippen LogP contribution in [0.1, 0.15) is 39.3 Å². The van der Waals surface area contributed by atoms with Gasteiger partial charge in [-0.2, -0.15) is 0 Å². The third-order valence-corrected chi connectivity index (χ3v) is 5.24. The molecule has 1 aromatic rings. The molecule has 0 aromatic heterocycles. The van der Waals surface area contributed by atoms with Crippen molar-refractivity contribution in [1.29, 1.82) is 0 Å². The summed E-state index contributed by atoms with van der Waals surface area (Å²) in [6, 6.07) is 5.22. The van der Waals surface area contributed by atoms with Gasteiger partial charge in [0.15, 0.2) is 5.17 Å². The number of hydrogen-bond donors (Lipinski definition) is 0. The predicted molar refractivity (Wildman–Crippen MR) is 99.0 cm³/mol. The van der Waals surface area contributed by atoms with Crippen molar-refractivity contribution in [2.45, 2.75) is 39.0 Å². The second kappa shape index (κ2) is 7.23. The molecule has 2 atom stereocenters. The number of carbonyl (C=O) groups is 2. The van der Waals surface area contributed by atoms with Gasteiger partial charge < -0.3 is 4.74 Å². The van der Waals surface area contributed by atoms with Crippen LogP contribution < -0.4 is 0 Å². The number of rotatable bonds is 4. The highest BCUT2D eigenvalue weighted by molar-refractivity contribution is 8.15. The summed E-state index contributed by atoms with van der Waals surface area (Å²) in [5.41, 5.74) is 1.30. The molecule has 3 rings (SSSR count). The second-order valence-electron chi connectivity index (χ2n) is 6.81. The van der Waals surface area contributed by atoms with Crippen molar-refractivity contribution in [3.8, 4) is 0 Å². The average Bonchev–Trinajstić information content (AvgIpc) is 2.85. The molecule has 0 radical (unpaired) electrons. The van der Waals surface area contributed by atoms with Crippen LogP contribution in [0.15, 0.2) is 40.5 Å². The highest BCUT2D eigenvalue weighted by Gasteiger charge is 2.46. The van der Waals surface area contributed by atoms with Gasteiger partial charge in [0.2, 0.25) is 5.91 Å². The van der Waals surface area contributed by atoms with Crippen LogP contribution in [0.5, 0.6) is 0 Å². The van der Waals surface area contributed by atoms with Crippen molar-refractivity contribution in [2.75, 3.05) is 6.61 Å². The molecule has 1 fully saturated rings. The Kier molecular flexibility index (Phi) is 5.18. The minimum atomic E-state index is -0.734. The van der Waals surface area contributed by atoms with Crippen LogP contribution in [-0.2, 0) is 14.3 Å². The average molecular weight is 376 g/mol. The zero-order valence-electron chi connectivity index (χ0n) is 15.2. The Labute approximate surface area is 156 Å². The molecule has 1 saturated heterocycles. The number of ether oxygens (including phenoxy) is 1. The Morgan fingerprint density at radius 2 is 2.15 bits per heavy atom. The maximum atomic E-state index is 13.8. The number of benzene rings is 1. The monoisotopic (exact) mass is 376 g/mol. The summed E-state index contributed by atoms with van der Waals surface area (Å²) in [4.78, 5) is 31.4. The lowest BCUT2D eigenvalue weighted by Gasteiger charge is -2.33. The first-order chi connectivity index (χ1) is 12.3. The number of esters is 1. The third-order valence-electron chi connectivity index (χ3n) is 4.19. The molecular weight excluding hydrogens is 355 g/mol. The molecule has 7 heteroatoms. The molecule has 2 aliphatic rings. The van der Waals surface area contributed by atoms with Crippen LogP contribution >= 0.6 is 11.8 Å². The van der Waals surface area contributed by atoms with Crippen molar-refractivity contribution in [2.24, 2.45) is 10.9 Å². The van der Waals surface area contributed by atoms with Crippen LogP contribution in [0.2, 0.25) is 0 Å². The zero-order chi connectivity index (χ0) is 19.0. The van der Waals surface area contributed by atoms with Crippen molar-refractivity contribution in [3.05, 3.63) is 46.9 Å². The first-order valence-electron chi connectivity index (χ1n) is 8.51. The summed E-state index contributed by atoms with van der Waals surface area (Å²) < 4.78 is 19.2. The minimum Gasteiger partial charge on any atom is -0.462 e. The number of halogens is 1. The first-order valence-corrected chi connectivity index (χ1v) is 9.39. The SMILES string of the molecule is CC1=C(C(=O)OCC(C)C)[C@H](c2cccc(F)c2)N2C(=O)[C@H](C)SC2=N1. The summed E-state index contributed by atoms with van der Waals surface area (Å²) in [7, 11) is 0.